The standard InChI is InChI=1S/C19H20Cl2N4/c1-12-4-7-16(8-5-12)23-19(22)25-24-14(3)13(2)10-15-6-9-17(20)18(21)11-15/h4-11H,1-3H3,(H3,22,23,25). The maximum Gasteiger partial charge on any atom is 0.214 e. The molecule has 0 spiro atoms. The summed E-state index contributed by atoms with van der Waals surface area (Å²) in [5.74, 6) is 0.227. The second kappa shape index (κ2) is 8.70. The maximum atomic E-state index is 6.03. The first kappa shape index (κ1) is 19.0. The van der Waals surface area contributed by atoms with Crippen LogP contribution in [0.15, 0.2) is 58.1 Å². The van der Waals surface area contributed by atoms with Gasteiger partial charge < -0.3 is 5.73 Å². The molecule has 6 heteroatoms. The van der Waals surface area contributed by atoms with E-state index in [-0.39, 0.29) is 5.96 Å². The summed E-state index contributed by atoms with van der Waals surface area (Å²) in [7, 11) is 0. The van der Waals surface area contributed by atoms with Crippen LogP contribution in [0.1, 0.15) is 25.0 Å². The van der Waals surface area contributed by atoms with Crippen LogP contribution in [0.2, 0.25) is 10.0 Å². The summed E-state index contributed by atoms with van der Waals surface area (Å²) in [5.41, 5.74) is 13.3. The number of hydrogen-bond acceptors (Lipinski definition) is 2. The molecule has 2 rings (SSSR count). The Morgan fingerprint density at radius 3 is 2.36 bits per heavy atom. The number of nitrogens with one attached hydrogen (secondary N) is 1. The van der Waals surface area contributed by atoms with E-state index in [1.54, 1.807) is 12.1 Å². The molecule has 0 aromatic heterocycles. The highest BCUT2D eigenvalue weighted by Gasteiger charge is 2.01. The highest BCUT2D eigenvalue weighted by atomic mass is 35.5. The molecule has 0 radical (unpaired) electrons. The zero-order valence-electron chi connectivity index (χ0n) is 14.3. The number of rotatable bonds is 4. The average Bonchev–Trinajstić information content (AvgIpc) is 2.58. The van der Waals surface area contributed by atoms with Crippen LogP contribution in [-0.4, -0.2) is 11.7 Å². The Morgan fingerprint density at radius 1 is 1.04 bits per heavy atom. The van der Waals surface area contributed by atoms with Gasteiger partial charge in [-0.05, 0) is 56.2 Å². The molecular weight excluding hydrogens is 355 g/mol. The molecule has 0 aliphatic carbocycles. The largest absolute Gasteiger partial charge is 0.368 e. The lowest BCUT2D eigenvalue weighted by atomic mass is 10.1. The van der Waals surface area contributed by atoms with Crippen LogP contribution in [0.25, 0.3) is 6.08 Å². The Morgan fingerprint density at radius 2 is 1.72 bits per heavy atom. The lowest BCUT2D eigenvalue weighted by Gasteiger charge is -2.05. The van der Waals surface area contributed by atoms with Crippen LogP contribution in [0, 0.1) is 6.92 Å². The first-order valence-corrected chi connectivity index (χ1v) is 8.45. The van der Waals surface area contributed by atoms with Gasteiger partial charge in [0.05, 0.1) is 21.4 Å². The number of nitrogens with zero attached hydrogens (tertiary/aromatic N) is 2. The van der Waals surface area contributed by atoms with E-state index in [0.29, 0.717) is 10.0 Å². The monoisotopic (exact) mass is 374 g/mol. The molecule has 0 amide bonds. The van der Waals surface area contributed by atoms with Crippen molar-refractivity contribution in [1.29, 1.82) is 0 Å². The number of allylic oxidation sites excluding steroid dienone is 1. The molecule has 0 heterocycles. The number of halogens is 2. The second-order valence-corrected chi connectivity index (χ2v) is 6.46. The maximum absolute atomic E-state index is 6.03. The van der Waals surface area contributed by atoms with E-state index in [4.69, 9.17) is 28.9 Å². The molecule has 2 aromatic rings. The van der Waals surface area contributed by atoms with Gasteiger partial charge in [-0.3, -0.25) is 0 Å². The fourth-order valence-electron chi connectivity index (χ4n) is 1.97. The highest BCUT2D eigenvalue weighted by molar-refractivity contribution is 6.42. The third-order valence-corrected chi connectivity index (χ3v) is 4.26. The molecule has 0 fully saturated rings. The van der Waals surface area contributed by atoms with Crippen molar-refractivity contribution in [1.82, 2.24) is 5.43 Å². The molecular formula is C19H20Cl2N4. The second-order valence-electron chi connectivity index (χ2n) is 5.64. The zero-order valence-corrected chi connectivity index (χ0v) is 15.9. The summed E-state index contributed by atoms with van der Waals surface area (Å²) < 4.78 is 0. The molecule has 0 saturated carbocycles. The number of aliphatic imine (C=N–C) groups is 1. The van der Waals surface area contributed by atoms with Gasteiger partial charge in [-0.1, -0.05) is 53.0 Å². The first-order valence-electron chi connectivity index (χ1n) is 7.70. The third kappa shape index (κ3) is 5.93. The molecule has 130 valence electrons. The molecule has 0 atom stereocenters. The van der Waals surface area contributed by atoms with Gasteiger partial charge in [0.15, 0.2) is 0 Å². The van der Waals surface area contributed by atoms with Gasteiger partial charge in [0.1, 0.15) is 0 Å². The molecule has 0 unspecified atom stereocenters. The van der Waals surface area contributed by atoms with Gasteiger partial charge in [0.2, 0.25) is 5.96 Å². The summed E-state index contributed by atoms with van der Waals surface area (Å²) in [6, 6.07) is 13.2. The summed E-state index contributed by atoms with van der Waals surface area (Å²) in [6.07, 6.45) is 1.97. The Labute approximate surface area is 158 Å². The minimum absolute atomic E-state index is 0.227. The molecule has 0 saturated heterocycles. The van der Waals surface area contributed by atoms with Crippen molar-refractivity contribution in [2.45, 2.75) is 20.8 Å². The Balaban J connectivity index is 2.07. The van der Waals surface area contributed by atoms with Crippen LogP contribution in [-0.2, 0) is 0 Å². The summed E-state index contributed by atoms with van der Waals surface area (Å²) in [4.78, 5) is 4.26. The predicted octanol–water partition coefficient (Wildman–Crippen LogP) is 5.32. The fraction of sp³-hybridized carbons (Fsp3) is 0.158. The minimum atomic E-state index is 0.227. The van der Waals surface area contributed by atoms with E-state index in [0.717, 1.165) is 22.5 Å². The Bertz CT molecular complexity index is 837. The van der Waals surface area contributed by atoms with Crippen molar-refractivity contribution in [3.63, 3.8) is 0 Å². The number of hydrazone groups is 1. The lowest BCUT2D eigenvalue weighted by Crippen LogP contribution is -2.27. The predicted molar refractivity (Wildman–Crippen MR) is 109 cm³/mol. The normalized spacial score (nSPS) is 13.1. The lowest BCUT2D eigenvalue weighted by molar-refractivity contribution is 1.00. The fourth-order valence-corrected chi connectivity index (χ4v) is 2.28. The number of hydrogen-bond donors (Lipinski definition) is 2. The van der Waals surface area contributed by atoms with Gasteiger partial charge in [-0.25, -0.2) is 10.4 Å². The van der Waals surface area contributed by atoms with Gasteiger partial charge in [-0.15, -0.1) is 0 Å². The van der Waals surface area contributed by atoms with Gasteiger partial charge >= 0.3 is 0 Å². The minimum Gasteiger partial charge on any atom is -0.368 e. The number of guanidine groups is 1. The number of nitrogens with two attached hydrogens (primary N) is 1. The van der Waals surface area contributed by atoms with Crippen molar-refractivity contribution in [3.05, 3.63) is 69.2 Å². The van der Waals surface area contributed by atoms with Crippen molar-refractivity contribution in [2.75, 3.05) is 0 Å². The van der Waals surface area contributed by atoms with Gasteiger partial charge in [-0.2, -0.15) is 5.10 Å². The van der Waals surface area contributed by atoms with Gasteiger partial charge in [0.25, 0.3) is 0 Å². The van der Waals surface area contributed by atoms with E-state index in [1.165, 1.54) is 5.56 Å². The average molecular weight is 375 g/mol. The van der Waals surface area contributed by atoms with Crippen LogP contribution in [0.4, 0.5) is 5.69 Å². The van der Waals surface area contributed by atoms with Crippen molar-refractivity contribution >= 4 is 46.6 Å². The molecule has 0 aliphatic rings. The van der Waals surface area contributed by atoms with Crippen LogP contribution >= 0.6 is 23.2 Å². The molecule has 0 aliphatic heterocycles. The molecule has 2 aromatic carbocycles. The Hall–Kier alpha value is -2.30. The van der Waals surface area contributed by atoms with E-state index < -0.39 is 0 Å². The van der Waals surface area contributed by atoms with Crippen LogP contribution < -0.4 is 11.2 Å². The van der Waals surface area contributed by atoms with E-state index in [2.05, 4.69) is 15.5 Å². The third-order valence-electron chi connectivity index (χ3n) is 3.52. The molecule has 3 N–H and O–H groups in total. The molecule has 4 nitrogen and oxygen atoms in total. The first-order chi connectivity index (χ1) is 11.8. The van der Waals surface area contributed by atoms with E-state index in [9.17, 15) is 0 Å². The van der Waals surface area contributed by atoms with Crippen molar-refractivity contribution < 1.29 is 0 Å². The zero-order chi connectivity index (χ0) is 18.4. The molecule has 25 heavy (non-hydrogen) atoms. The summed E-state index contributed by atoms with van der Waals surface area (Å²) in [6.45, 7) is 5.86. The van der Waals surface area contributed by atoms with Gasteiger partial charge in [0, 0.05) is 0 Å². The SMILES string of the molecule is CC(=Cc1ccc(Cl)c(Cl)c1)C(C)=NNC(N)=Nc1ccc(C)cc1. The van der Waals surface area contributed by atoms with Crippen LogP contribution in [0.5, 0.6) is 0 Å². The highest BCUT2D eigenvalue weighted by Crippen LogP contribution is 2.23. The van der Waals surface area contributed by atoms with E-state index >= 15 is 0 Å². The van der Waals surface area contributed by atoms with Crippen molar-refractivity contribution in [3.8, 4) is 0 Å². The summed E-state index contributed by atoms with van der Waals surface area (Å²) in [5, 5.41) is 5.31. The quantitative estimate of drug-likeness (QED) is 0.432. The summed E-state index contributed by atoms with van der Waals surface area (Å²) >= 11 is 12.0. The van der Waals surface area contributed by atoms with Crippen molar-refractivity contribution in [2.24, 2.45) is 15.8 Å². The van der Waals surface area contributed by atoms with E-state index in [1.807, 2.05) is 57.2 Å². The number of benzene rings is 2. The smallest absolute Gasteiger partial charge is 0.214 e. The van der Waals surface area contributed by atoms with Crippen LogP contribution in [0.3, 0.4) is 0 Å². The Kier molecular flexibility index (Phi) is 6.62. The molecule has 0 bridgehead atoms. The number of aryl methyl sites for hydroxylation is 1. The topological polar surface area (TPSA) is 62.8 Å².